The highest BCUT2D eigenvalue weighted by molar-refractivity contribution is 7.89. The molecular weight excluding hydrogens is 450 g/mol. The van der Waals surface area contributed by atoms with E-state index in [0.717, 1.165) is 17.0 Å². The van der Waals surface area contributed by atoms with Crippen molar-refractivity contribution in [3.8, 4) is 0 Å². The van der Waals surface area contributed by atoms with Crippen LogP contribution < -0.4 is 5.32 Å². The summed E-state index contributed by atoms with van der Waals surface area (Å²) in [6.45, 7) is 7.13. The third-order valence-corrected chi connectivity index (χ3v) is 8.16. The summed E-state index contributed by atoms with van der Waals surface area (Å²) in [6.07, 6.45) is 0. The number of aryl methyl sites for hydroxylation is 1. The minimum absolute atomic E-state index is 0.0750. The number of piperazine rings is 1. The SMILES string of the molecule is Cc1nn(Cc2ccccc2)c(C)c1CNC(=O)CN1CCN(S(=O)(=O)c2ccccc2)CC1. The molecule has 0 atom stereocenters. The minimum atomic E-state index is -3.49. The van der Waals surface area contributed by atoms with Gasteiger partial charge in [-0.15, -0.1) is 0 Å². The predicted octanol–water partition coefficient (Wildman–Crippen LogP) is 2.17. The zero-order valence-corrected chi connectivity index (χ0v) is 20.5. The maximum absolute atomic E-state index is 12.8. The van der Waals surface area contributed by atoms with E-state index in [0.29, 0.717) is 44.2 Å². The van der Waals surface area contributed by atoms with Crippen LogP contribution in [0.1, 0.15) is 22.5 Å². The molecule has 0 unspecified atom stereocenters. The normalized spacial score (nSPS) is 15.4. The van der Waals surface area contributed by atoms with Crippen LogP contribution in [0.15, 0.2) is 65.6 Å². The summed E-state index contributed by atoms with van der Waals surface area (Å²) in [5.41, 5.74) is 4.16. The summed E-state index contributed by atoms with van der Waals surface area (Å²) < 4.78 is 29.0. The lowest BCUT2D eigenvalue weighted by Gasteiger charge is -2.33. The second kappa shape index (κ2) is 10.5. The van der Waals surface area contributed by atoms with Crippen molar-refractivity contribution in [1.29, 1.82) is 0 Å². The number of carbonyl (C=O) groups excluding carboxylic acids is 1. The molecule has 0 radical (unpaired) electrons. The maximum Gasteiger partial charge on any atom is 0.243 e. The van der Waals surface area contributed by atoms with Gasteiger partial charge < -0.3 is 5.32 Å². The van der Waals surface area contributed by atoms with Crippen molar-refractivity contribution >= 4 is 15.9 Å². The number of amides is 1. The summed E-state index contributed by atoms with van der Waals surface area (Å²) in [6, 6.07) is 18.6. The zero-order valence-electron chi connectivity index (χ0n) is 19.6. The monoisotopic (exact) mass is 481 g/mol. The zero-order chi connectivity index (χ0) is 24.1. The molecule has 1 aromatic heterocycles. The Kier molecular flexibility index (Phi) is 7.45. The number of hydrogen-bond acceptors (Lipinski definition) is 5. The lowest BCUT2D eigenvalue weighted by atomic mass is 10.2. The van der Waals surface area contributed by atoms with Gasteiger partial charge in [0.1, 0.15) is 0 Å². The molecule has 0 saturated carbocycles. The average molecular weight is 482 g/mol. The van der Waals surface area contributed by atoms with Gasteiger partial charge in [-0.3, -0.25) is 14.4 Å². The van der Waals surface area contributed by atoms with E-state index < -0.39 is 10.0 Å². The number of nitrogens with one attached hydrogen (secondary N) is 1. The fraction of sp³-hybridized carbons (Fsp3) is 0.360. The third-order valence-electron chi connectivity index (χ3n) is 6.25. The molecule has 9 heteroatoms. The highest BCUT2D eigenvalue weighted by Crippen LogP contribution is 2.17. The Morgan fingerprint density at radius 1 is 0.941 bits per heavy atom. The van der Waals surface area contributed by atoms with E-state index in [1.54, 1.807) is 30.3 Å². The van der Waals surface area contributed by atoms with Gasteiger partial charge in [0, 0.05) is 44.0 Å². The first-order chi connectivity index (χ1) is 16.3. The number of benzene rings is 2. The Morgan fingerprint density at radius 2 is 1.56 bits per heavy atom. The van der Waals surface area contributed by atoms with Crippen molar-refractivity contribution in [2.45, 2.75) is 31.8 Å². The molecule has 1 N–H and O–H groups in total. The molecule has 1 amide bonds. The fourth-order valence-electron chi connectivity index (χ4n) is 4.22. The first-order valence-corrected chi connectivity index (χ1v) is 12.9. The van der Waals surface area contributed by atoms with Crippen molar-refractivity contribution in [3.05, 3.63) is 83.2 Å². The number of hydrogen-bond donors (Lipinski definition) is 1. The topological polar surface area (TPSA) is 87.5 Å². The molecular formula is C25H31N5O3S. The Labute approximate surface area is 201 Å². The second-order valence-corrected chi connectivity index (χ2v) is 10.5. The fourth-order valence-corrected chi connectivity index (χ4v) is 5.66. The molecule has 1 aliphatic heterocycles. The Bertz CT molecular complexity index is 1220. The van der Waals surface area contributed by atoms with Gasteiger partial charge in [-0.2, -0.15) is 9.40 Å². The molecule has 180 valence electrons. The maximum atomic E-state index is 12.8. The van der Waals surface area contributed by atoms with E-state index >= 15 is 0 Å². The molecule has 0 bridgehead atoms. The third kappa shape index (κ3) is 5.55. The highest BCUT2D eigenvalue weighted by Gasteiger charge is 2.28. The molecule has 1 saturated heterocycles. The number of aromatic nitrogens is 2. The molecule has 3 aromatic rings. The van der Waals surface area contributed by atoms with Crippen LogP contribution >= 0.6 is 0 Å². The summed E-state index contributed by atoms with van der Waals surface area (Å²) in [5.74, 6) is -0.0750. The standard InChI is InChI=1S/C25H31N5O3S/c1-20-24(21(2)30(27-20)18-22-9-5-3-6-10-22)17-26-25(31)19-28-13-15-29(16-14-28)34(32,33)23-11-7-4-8-12-23/h3-12H,13-19H2,1-2H3,(H,26,31). The molecule has 0 aliphatic carbocycles. The van der Waals surface area contributed by atoms with Gasteiger partial charge in [0.25, 0.3) is 0 Å². The van der Waals surface area contributed by atoms with Crippen LogP contribution in [0.3, 0.4) is 0 Å². The van der Waals surface area contributed by atoms with Gasteiger partial charge in [-0.25, -0.2) is 8.42 Å². The molecule has 8 nitrogen and oxygen atoms in total. The summed E-state index contributed by atoms with van der Waals surface area (Å²) in [4.78, 5) is 14.9. The van der Waals surface area contributed by atoms with E-state index in [9.17, 15) is 13.2 Å². The van der Waals surface area contributed by atoms with Crippen molar-refractivity contribution < 1.29 is 13.2 Å². The number of nitrogens with zero attached hydrogens (tertiary/aromatic N) is 4. The lowest BCUT2D eigenvalue weighted by molar-refractivity contribution is -0.122. The van der Waals surface area contributed by atoms with Crippen LogP contribution in [0.4, 0.5) is 0 Å². The van der Waals surface area contributed by atoms with E-state index in [-0.39, 0.29) is 12.5 Å². The van der Waals surface area contributed by atoms with E-state index in [1.807, 2.05) is 41.6 Å². The van der Waals surface area contributed by atoms with Gasteiger partial charge in [0.2, 0.25) is 15.9 Å². The lowest BCUT2D eigenvalue weighted by Crippen LogP contribution is -2.51. The largest absolute Gasteiger partial charge is 0.351 e. The van der Waals surface area contributed by atoms with Crippen LogP contribution in [0.2, 0.25) is 0 Å². The Balaban J connectivity index is 1.28. The molecule has 1 fully saturated rings. The first-order valence-electron chi connectivity index (χ1n) is 11.5. The van der Waals surface area contributed by atoms with Crippen LogP contribution in [-0.2, 0) is 27.9 Å². The molecule has 2 aromatic carbocycles. The van der Waals surface area contributed by atoms with Crippen molar-refractivity contribution in [1.82, 2.24) is 24.3 Å². The average Bonchev–Trinajstić information content (AvgIpc) is 3.11. The number of carbonyl (C=O) groups is 1. The summed E-state index contributed by atoms with van der Waals surface area (Å²) in [7, 11) is -3.49. The predicted molar refractivity (Wildman–Crippen MR) is 131 cm³/mol. The second-order valence-electron chi connectivity index (χ2n) is 8.56. The molecule has 0 spiro atoms. The van der Waals surface area contributed by atoms with Crippen LogP contribution in [-0.4, -0.2) is 66.0 Å². The van der Waals surface area contributed by atoms with Crippen LogP contribution in [0.5, 0.6) is 0 Å². The Morgan fingerprint density at radius 3 is 2.21 bits per heavy atom. The first kappa shape index (κ1) is 24.1. The summed E-state index contributed by atoms with van der Waals surface area (Å²) in [5, 5.41) is 7.65. The van der Waals surface area contributed by atoms with Gasteiger partial charge in [0.15, 0.2) is 0 Å². The van der Waals surface area contributed by atoms with Gasteiger partial charge in [-0.05, 0) is 31.5 Å². The van der Waals surface area contributed by atoms with E-state index in [4.69, 9.17) is 0 Å². The summed E-state index contributed by atoms with van der Waals surface area (Å²) >= 11 is 0. The quantitative estimate of drug-likeness (QED) is 0.533. The highest BCUT2D eigenvalue weighted by atomic mass is 32.2. The molecule has 4 rings (SSSR count). The Hall–Kier alpha value is -3.01. The van der Waals surface area contributed by atoms with E-state index in [2.05, 4.69) is 22.5 Å². The molecule has 2 heterocycles. The van der Waals surface area contributed by atoms with Gasteiger partial charge >= 0.3 is 0 Å². The van der Waals surface area contributed by atoms with Crippen molar-refractivity contribution in [2.24, 2.45) is 0 Å². The van der Waals surface area contributed by atoms with Gasteiger partial charge in [0.05, 0.1) is 23.7 Å². The number of rotatable bonds is 8. The van der Waals surface area contributed by atoms with E-state index in [1.165, 1.54) is 9.87 Å². The van der Waals surface area contributed by atoms with Gasteiger partial charge in [-0.1, -0.05) is 48.5 Å². The number of sulfonamides is 1. The van der Waals surface area contributed by atoms with Crippen molar-refractivity contribution in [2.75, 3.05) is 32.7 Å². The smallest absolute Gasteiger partial charge is 0.243 e. The van der Waals surface area contributed by atoms with Crippen molar-refractivity contribution in [3.63, 3.8) is 0 Å². The molecule has 1 aliphatic rings. The minimum Gasteiger partial charge on any atom is -0.351 e. The molecule has 34 heavy (non-hydrogen) atoms. The van der Waals surface area contributed by atoms with Crippen LogP contribution in [0.25, 0.3) is 0 Å². The van der Waals surface area contributed by atoms with Crippen LogP contribution in [0, 0.1) is 13.8 Å².